The number of aromatic amines is 1. The van der Waals surface area contributed by atoms with Crippen LogP contribution in [0.3, 0.4) is 0 Å². The fourth-order valence-corrected chi connectivity index (χ4v) is 4.50. The Morgan fingerprint density at radius 2 is 1.16 bits per heavy atom. The van der Waals surface area contributed by atoms with Gasteiger partial charge in [0.1, 0.15) is 22.6 Å². The number of esters is 4. The smallest absolute Gasteiger partial charge is 0.346 e. The van der Waals surface area contributed by atoms with E-state index in [-0.39, 0.29) is 61.5 Å². The summed E-state index contributed by atoms with van der Waals surface area (Å²) < 4.78 is 19.6. The number of pyridine rings is 2. The second kappa shape index (κ2) is 19.0. The van der Waals surface area contributed by atoms with Gasteiger partial charge in [-0.15, -0.1) is 12.4 Å². The van der Waals surface area contributed by atoms with Gasteiger partial charge in [-0.25, -0.2) is 24.2 Å². The van der Waals surface area contributed by atoms with Crippen molar-refractivity contribution in [3.05, 3.63) is 109 Å². The Morgan fingerprint density at radius 3 is 1.64 bits per heavy atom. The summed E-state index contributed by atoms with van der Waals surface area (Å²) in [5.41, 5.74) is 4.08. The first kappa shape index (κ1) is 40.1. The number of aromatic nitrogens is 2. The SMILES string of the molecule is CCOC(=O)c1c([N+](=O)[O-])c(-c2ccccc2)[nH]c(=O)c1C(=O)OCC.CCOC(=O)c1cc(-c2ccccc2)nc(N)c1C(=O)OCC.Cl. The predicted molar refractivity (Wildman–Crippen MR) is 184 cm³/mol. The van der Waals surface area contributed by atoms with Crippen LogP contribution in [0, 0.1) is 10.1 Å². The van der Waals surface area contributed by atoms with Crippen LogP contribution in [0.5, 0.6) is 0 Å². The zero-order valence-electron chi connectivity index (χ0n) is 27.6. The Labute approximate surface area is 292 Å². The lowest BCUT2D eigenvalue weighted by Crippen LogP contribution is -2.27. The molecule has 264 valence electrons. The Hall–Kier alpha value is -6.09. The molecule has 4 aromatic rings. The molecule has 0 amide bonds. The van der Waals surface area contributed by atoms with Gasteiger partial charge in [0.25, 0.3) is 5.56 Å². The van der Waals surface area contributed by atoms with Gasteiger partial charge in [-0.1, -0.05) is 60.7 Å². The molecule has 4 rings (SSSR count). The second-order valence-corrected chi connectivity index (χ2v) is 9.61. The Bertz CT molecular complexity index is 1900. The van der Waals surface area contributed by atoms with E-state index in [1.807, 2.05) is 30.3 Å². The van der Waals surface area contributed by atoms with Crippen LogP contribution in [0.2, 0.25) is 0 Å². The zero-order chi connectivity index (χ0) is 36.1. The summed E-state index contributed by atoms with van der Waals surface area (Å²) in [6, 6.07) is 18.7. The fourth-order valence-electron chi connectivity index (χ4n) is 4.50. The minimum Gasteiger partial charge on any atom is -0.462 e. The van der Waals surface area contributed by atoms with Crippen LogP contribution in [-0.2, 0) is 18.9 Å². The molecule has 0 aliphatic carbocycles. The fraction of sp³-hybridized carbons (Fsp3) is 0.235. The van der Waals surface area contributed by atoms with Crippen LogP contribution in [0.15, 0.2) is 71.5 Å². The third-order valence-electron chi connectivity index (χ3n) is 6.49. The molecular formula is C34H35ClN4O11. The highest BCUT2D eigenvalue weighted by molar-refractivity contribution is 6.08. The van der Waals surface area contributed by atoms with Crippen molar-refractivity contribution in [1.29, 1.82) is 0 Å². The number of hydrogen-bond acceptors (Lipinski definition) is 13. The van der Waals surface area contributed by atoms with E-state index in [0.717, 1.165) is 5.56 Å². The van der Waals surface area contributed by atoms with Gasteiger partial charge < -0.3 is 29.7 Å². The number of H-pyrrole nitrogens is 1. The van der Waals surface area contributed by atoms with Crippen molar-refractivity contribution >= 4 is 47.8 Å². The number of nitrogens with zero attached hydrogens (tertiary/aromatic N) is 2. The molecule has 0 fully saturated rings. The number of hydrogen-bond donors (Lipinski definition) is 2. The largest absolute Gasteiger partial charge is 0.462 e. The number of rotatable bonds is 11. The third-order valence-corrected chi connectivity index (χ3v) is 6.49. The molecule has 16 heteroatoms. The number of carbonyl (C=O) groups excluding carboxylic acids is 4. The van der Waals surface area contributed by atoms with Crippen LogP contribution in [0.1, 0.15) is 69.1 Å². The van der Waals surface area contributed by atoms with E-state index in [9.17, 15) is 34.1 Å². The minimum atomic E-state index is -1.15. The average Bonchev–Trinajstić information content (AvgIpc) is 3.08. The van der Waals surface area contributed by atoms with Gasteiger partial charge in [0.2, 0.25) is 0 Å². The first-order valence-corrected chi connectivity index (χ1v) is 15.0. The summed E-state index contributed by atoms with van der Waals surface area (Å²) in [6.45, 7) is 6.54. The van der Waals surface area contributed by atoms with Crippen molar-refractivity contribution in [2.75, 3.05) is 32.2 Å². The summed E-state index contributed by atoms with van der Waals surface area (Å²) in [5.74, 6) is -3.68. The number of nitrogen functional groups attached to an aromatic ring is 1. The summed E-state index contributed by atoms with van der Waals surface area (Å²) in [7, 11) is 0. The molecule has 0 saturated carbocycles. The predicted octanol–water partition coefficient (Wildman–Crippen LogP) is 5.41. The molecule has 0 aliphatic heterocycles. The maximum atomic E-state index is 12.4. The molecule has 2 aromatic carbocycles. The minimum absolute atomic E-state index is 0. The molecule has 2 aromatic heterocycles. The molecule has 0 unspecified atom stereocenters. The first-order chi connectivity index (χ1) is 23.5. The van der Waals surface area contributed by atoms with Crippen molar-refractivity contribution in [2.45, 2.75) is 27.7 Å². The summed E-state index contributed by atoms with van der Waals surface area (Å²) in [6.07, 6.45) is 0. The van der Waals surface area contributed by atoms with E-state index in [0.29, 0.717) is 11.3 Å². The van der Waals surface area contributed by atoms with Crippen LogP contribution in [-0.4, -0.2) is 65.2 Å². The Balaban J connectivity index is 0.000000342. The number of anilines is 1. The highest BCUT2D eigenvalue weighted by Crippen LogP contribution is 2.32. The Morgan fingerprint density at radius 1 is 0.720 bits per heavy atom. The maximum absolute atomic E-state index is 12.4. The van der Waals surface area contributed by atoms with Crippen LogP contribution in [0.4, 0.5) is 11.5 Å². The molecular weight excluding hydrogens is 676 g/mol. The van der Waals surface area contributed by atoms with Gasteiger partial charge in [-0.05, 0) is 33.8 Å². The lowest BCUT2D eigenvalue weighted by Gasteiger charge is -2.12. The summed E-state index contributed by atoms with van der Waals surface area (Å²) in [5, 5.41) is 11.7. The van der Waals surface area contributed by atoms with Crippen molar-refractivity contribution in [1.82, 2.24) is 9.97 Å². The molecule has 15 nitrogen and oxygen atoms in total. The Kier molecular flexibility index (Phi) is 15.3. The standard InChI is InChI=1S/C17H16N2O7.C17H18N2O4.ClH/c1-3-25-16(21)11-12(17(22)26-4-2)15(20)18-13(14(11)19(23)24)10-8-6-5-7-9-10;1-3-22-16(20)12-10-13(11-8-6-5-7-9-11)19-15(18)14(12)17(21)23-4-2;/h5-9H,3-4H2,1-2H3,(H,18,20);5-10H,3-4H2,1-2H3,(H2,18,19);1H. The molecule has 0 atom stereocenters. The van der Waals surface area contributed by atoms with E-state index < -0.39 is 51.2 Å². The zero-order valence-corrected chi connectivity index (χ0v) is 28.4. The topological polar surface area (TPSA) is 220 Å². The van der Waals surface area contributed by atoms with E-state index in [2.05, 4.69) is 9.97 Å². The van der Waals surface area contributed by atoms with E-state index in [4.69, 9.17) is 24.7 Å². The van der Waals surface area contributed by atoms with Gasteiger partial charge in [0.15, 0.2) is 5.56 Å². The number of nitro groups is 1. The molecule has 2 heterocycles. The third kappa shape index (κ3) is 9.50. The van der Waals surface area contributed by atoms with E-state index in [1.54, 1.807) is 32.0 Å². The summed E-state index contributed by atoms with van der Waals surface area (Å²) >= 11 is 0. The normalized spacial score (nSPS) is 10.0. The first-order valence-electron chi connectivity index (χ1n) is 15.0. The lowest BCUT2D eigenvalue weighted by atomic mass is 10.0. The molecule has 0 bridgehead atoms. The van der Waals surface area contributed by atoms with Crippen LogP contribution in [0.25, 0.3) is 22.5 Å². The quantitative estimate of drug-likeness (QED) is 0.0861. The van der Waals surface area contributed by atoms with Crippen LogP contribution < -0.4 is 11.3 Å². The maximum Gasteiger partial charge on any atom is 0.346 e. The molecule has 0 saturated heterocycles. The highest BCUT2D eigenvalue weighted by atomic mass is 35.5. The number of benzene rings is 2. The molecule has 3 N–H and O–H groups in total. The van der Waals surface area contributed by atoms with E-state index >= 15 is 0 Å². The number of nitrogens with one attached hydrogen (secondary N) is 1. The van der Waals surface area contributed by atoms with Gasteiger partial charge in [0, 0.05) is 11.1 Å². The highest BCUT2D eigenvalue weighted by Gasteiger charge is 2.36. The average molecular weight is 711 g/mol. The number of carbonyl (C=O) groups is 4. The van der Waals surface area contributed by atoms with Gasteiger partial charge >= 0.3 is 29.6 Å². The molecule has 0 spiro atoms. The van der Waals surface area contributed by atoms with Gasteiger partial charge in [-0.2, -0.15) is 0 Å². The van der Waals surface area contributed by atoms with Crippen molar-refractivity contribution in [3.63, 3.8) is 0 Å². The van der Waals surface area contributed by atoms with Crippen LogP contribution >= 0.6 is 12.4 Å². The monoisotopic (exact) mass is 710 g/mol. The number of ether oxygens (including phenoxy) is 4. The van der Waals surface area contributed by atoms with Gasteiger partial charge in [0.05, 0.1) is 42.6 Å². The molecule has 0 aliphatic rings. The summed E-state index contributed by atoms with van der Waals surface area (Å²) in [4.78, 5) is 78.6. The number of nitrogens with two attached hydrogens (primary N) is 1. The van der Waals surface area contributed by atoms with Crippen molar-refractivity contribution in [3.8, 4) is 22.5 Å². The van der Waals surface area contributed by atoms with E-state index in [1.165, 1.54) is 32.0 Å². The van der Waals surface area contributed by atoms with Gasteiger partial charge in [-0.3, -0.25) is 14.9 Å². The van der Waals surface area contributed by atoms with Crippen molar-refractivity contribution in [2.24, 2.45) is 0 Å². The lowest BCUT2D eigenvalue weighted by molar-refractivity contribution is -0.384. The van der Waals surface area contributed by atoms with Crippen molar-refractivity contribution < 1.29 is 43.0 Å². The molecule has 0 radical (unpaired) electrons. The molecule has 50 heavy (non-hydrogen) atoms. The number of halogens is 1. The second-order valence-electron chi connectivity index (χ2n) is 9.61.